The lowest BCUT2D eigenvalue weighted by Gasteiger charge is -2.22. The van der Waals surface area contributed by atoms with Crippen molar-refractivity contribution >= 4 is 5.91 Å². The number of nitrogens with zero attached hydrogens (tertiary/aromatic N) is 2. The van der Waals surface area contributed by atoms with Crippen LogP contribution in [0.3, 0.4) is 0 Å². The maximum Gasteiger partial charge on any atom is 0.435 e. The molecule has 2 heterocycles. The van der Waals surface area contributed by atoms with Crippen molar-refractivity contribution in [2.24, 2.45) is 5.92 Å². The summed E-state index contributed by atoms with van der Waals surface area (Å²) in [5.74, 6) is 0.0588. The first-order valence-corrected chi connectivity index (χ1v) is 6.53. The van der Waals surface area contributed by atoms with Crippen LogP contribution in [-0.4, -0.2) is 35.3 Å². The van der Waals surface area contributed by atoms with Crippen molar-refractivity contribution in [3.05, 3.63) is 18.0 Å². The Labute approximate surface area is 114 Å². The van der Waals surface area contributed by atoms with Crippen LogP contribution in [-0.2, 0) is 17.5 Å². The maximum absolute atomic E-state index is 12.3. The third kappa shape index (κ3) is 4.22. The number of rotatable bonds is 4. The third-order valence-electron chi connectivity index (χ3n) is 3.22. The summed E-state index contributed by atoms with van der Waals surface area (Å²) >= 11 is 0. The molecule has 1 atom stereocenters. The molecule has 8 heteroatoms. The molecule has 1 amide bonds. The van der Waals surface area contributed by atoms with Crippen molar-refractivity contribution in [2.45, 2.75) is 25.6 Å². The molecule has 0 unspecified atom stereocenters. The molecule has 0 spiro atoms. The summed E-state index contributed by atoms with van der Waals surface area (Å²) in [6.07, 6.45) is -1.19. The van der Waals surface area contributed by atoms with E-state index < -0.39 is 11.9 Å². The predicted molar refractivity (Wildman–Crippen MR) is 65.8 cm³/mol. The minimum Gasteiger partial charge on any atom is -0.354 e. The summed E-state index contributed by atoms with van der Waals surface area (Å²) in [6.45, 7) is 2.20. The van der Waals surface area contributed by atoms with Gasteiger partial charge in [-0.25, -0.2) is 0 Å². The van der Waals surface area contributed by atoms with E-state index in [1.165, 1.54) is 0 Å². The molecular formula is C12H17F3N4O. The normalized spacial score (nSPS) is 19.9. The lowest BCUT2D eigenvalue weighted by molar-refractivity contribution is -0.141. The molecule has 1 fully saturated rings. The van der Waals surface area contributed by atoms with Gasteiger partial charge in [-0.15, -0.1) is 0 Å². The Morgan fingerprint density at radius 3 is 2.95 bits per heavy atom. The van der Waals surface area contributed by atoms with Gasteiger partial charge < -0.3 is 10.6 Å². The van der Waals surface area contributed by atoms with Crippen molar-refractivity contribution in [2.75, 3.05) is 19.6 Å². The fourth-order valence-electron chi connectivity index (χ4n) is 2.16. The third-order valence-corrected chi connectivity index (χ3v) is 3.22. The lowest BCUT2D eigenvalue weighted by Crippen LogP contribution is -2.39. The quantitative estimate of drug-likeness (QED) is 0.870. The van der Waals surface area contributed by atoms with Crippen LogP contribution in [0, 0.1) is 5.92 Å². The van der Waals surface area contributed by atoms with E-state index in [1.807, 2.05) is 0 Å². The smallest absolute Gasteiger partial charge is 0.354 e. The van der Waals surface area contributed by atoms with Crippen LogP contribution in [0.5, 0.6) is 0 Å². The van der Waals surface area contributed by atoms with Crippen molar-refractivity contribution in [3.63, 3.8) is 0 Å². The van der Waals surface area contributed by atoms with Crippen LogP contribution in [0.25, 0.3) is 0 Å². The Hall–Kier alpha value is -1.57. The summed E-state index contributed by atoms with van der Waals surface area (Å²) < 4.78 is 38.0. The molecule has 1 aliphatic heterocycles. The molecule has 20 heavy (non-hydrogen) atoms. The zero-order valence-corrected chi connectivity index (χ0v) is 10.9. The van der Waals surface area contributed by atoms with Gasteiger partial charge in [-0.1, -0.05) is 0 Å². The van der Waals surface area contributed by atoms with Gasteiger partial charge in [0.15, 0.2) is 5.69 Å². The highest BCUT2D eigenvalue weighted by Gasteiger charge is 2.33. The van der Waals surface area contributed by atoms with Crippen LogP contribution in [0.1, 0.15) is 18.5 Å². The molecule has 1 aromatic heterocycles. The lowest BCUT2D eigenvalue weighted by atomic mass is 10.00. The van der Waals surface area contributed by atoms with Gasteiger partial charge in [0, 0.05) is 12.7 Å². The zero-order valence-electron chi connectivity index (χ0n) is 10.9. The van der Waals surface area contributed by atoms with Gasteiger partial charge in [0.25, 0.3) is 0 Å². The molecule has 5 nitrogen and oxygen atoms in total. The van der Waals surface area contributed by atoms with Gasteiger partial charge in [-0.05, 0) is 37.9 Å². The fourth-order valence-corrected chi connectivity index (χ4v) is 2.16. The fraction of sp³-hybridized carbons (Fsp3) is 0.667. The Morgan fingerprint density at radius 2 is 2.35 bits per heavy atom. The van der Waals surface area contributed by atoms with Crippen molar-refractivity contribution in [1.29, 1.82) is 0 Å². The number of hydrogen-bond donors (Lipinski definition) is 2. The summed E-state index contributed by atoms with van der Waals surface area (Å²) in [5.41, 5.74) is -0.984. The molecule has 0 aromatic carbocycles. The second-order valence-corrected chi connectivity index (χ2v) is 4.91. The average Bonchev–Trinajstić information content (AvgIpc) is 2.86. The van der Waals surface area contributed by atoms with E-state index >= 15 is 0 Å². The highest BCUT2D eigenvalue weighted by molar-refractivity contribution is 5.75. The van der Waals surface area contributed by atoms with E-state index in [-0.39, 0.29) is 12.5 Å². The van der Waals surface area contributed by atoms with Crippen molar-refractivity contribution in [3.8, 4) is 0 Å². The van der Waals surface area contributed by atoms with Gasteiger partial charge in [0.05, 0.1) is 0 Å². The van der Waals surface area contributed by atoms with E-state index in [4.69, 9.17) is 0 Å². The van der Waals surface area contributed by atoms with E-state index in [1.54, 1.807) is 0 Å². The SMILES string of the molecule is O=C(Cn1ccc(C(F)(F)F)n1)NC[C@@H]1CCCNC1. The monoisotopic (exact) mass is 290 g/mol. The summed E-state index contributed by atoms with van der Waals surface area (Å²) in [6, 6.07) is 0.859. The van der Waals surface area contributed by atoms with Crippen LogP contribution in [0.2, 0.25) is 0 Å². The highest BCUT2D eigenvalue weighted by Crippen LogP contribution is 2.27. The first-order chi connectivity index (χ1) is 9.45. The molecule has 0 radical (unpaired) electrons. The number of halogens is 3. The van der Waals surface area contributed by atoms with Crippen LogP contribution >= 0.6 is 0 Å². The molecule has 1 aliphatic rings. The molecule has 0 bridgehead atoms. The molecule has 1 aromatic rings. The minimum absolute atomic E-state index is 0.198. The number of hydrogen-bond acceptors (Lipinski definition) is 3. The van der Waals surface area contributed by atoms with Gasteiger partial charge in [0.2, 0.25) is 5.91 Å². The average molecular weight is 290 g/mol. The van der Waals surface area contributed by atoms with Gasteiger partial charge in [-0.2, -0.15) is 18.3 Å². The second-order valence-electron chi connectivity index (χ2n) is 4.91. The Balaban J connectivity index is 1.77. The second kappa shape index (κ2) is 6.25. The Bertz CT molecular complexity index is 452. The molecule has 0 saturated carbocycles. The van der Waals surface area contributed by atoms with Crippen molar-refractivity contribution in [1.82, 2.24) is 20.4 Å². The summed E-state index contributed by atoms with van der Waals surface area (Å²) in [7, 11) is 0. The van der Waals surface area contributed by atoms with Gasteiger partial charge >= 0.3 is 6.18 Å². The minimum atomic E-state index is -4.48. The number of piperidine rings is 1. The van der Waals surface area contributed by atoms with E-state index in [0.717, 1.165) is 42.9 Å². The van der Waals surface area contributed by atoms with Crippen LogP contribution < -0.4 is 10.6 Å². The summed E-state index contributed by atoms with van der Waals surface area (Å²) in [5, 5.41) is 9.30. The van der Waals surface area contributed by atoms with E-state index in [0.29, 0.717) is 12.5 Å². The molecule has 2 N–H and O–H groups in total. The molecule has 1 saturated heterocycles. The molecule has 2 rings (SSSR count). The van der Waals surface area contributed by atoms with E-state index in [2.05, 4.69) is 15.7 Å². The number of carbonyl (C=O) groups excluding carboxylic acids is 1. The van der Waals surface area contributed by atoms with Gasteiger partial charge in [0.1, 0.15) is 6.54 Å². The first-order valence-electron chi connectivity index (χ1n) is 6.53. The number of alkyl halides is 3. The number of carbonyl (C=O) groups is 1. The molecule has 0 aliphatic carbocycles. The van der Waals surface area contributed by atoms with Gasteiger partial charge in [-0.3, -0.25) is 9.48 Å². The van der Waals surface area contributed by atoms with Crippen LogP contribution in [0.15, 0.2) is 12.3 Å². The number of nitrogens with one attached hydrogen (secondary N) is 2. The van der Waals surface area contributed by atoms with E-state index in [9.17, 15) is 18.0 Å². The number of aromatic nitrogens is 2. The van der Waals surface area contributed by atoms with Crippen LogP contribution in [0.4, 0.5) is 13.2 Å². The standard InChI is InChI=1S/C12H17F3N4O/c13-12(14,15)10-3-5-19(18-10)8-11(20)17-7-9-2-1-4-16-6-9/h3,5,9,16H,1-2,4,6-8H2,(H,17,20)/t9-/m1/s1. The highest BCUT2D eigenvalue weighted by atomic mass is 19.4. The predicted octanol–water partition coefficient (Wildman–Crippen LogP) is 1.02. The van der Waals surface area contributed by atoms with Crippen molar-refractivity contribution < 1.29 is 18.0 Å². The Morgan fingerprint density at radius 1 is 1.55 bits per heavy atom. The molecule has 112 valence electrons. The maximum atomic E-state index is 12.3. The first kappa shape index (κ1) is 14.8. The zero-order chi connectivity index (χ0) is 14.6. The molecular weight excluding hydrogens is 273 g/mol. The largest absolute Gasteiger partial charge is 0.435 e. The topological polar surface area (TPSA) is 59.0 Å². The Kier molecular flexibility index (Phi) is 4.64. The summed E-state index contributed by atoms with van der Waals surface area (Å²) in [4.78, 5) is 11.6. The number of amides is 1.